The van der Waals surface area contributed by atoms with Crippen LogP contribution in [0.5, 0.6) is 0 Å². The number of anilines is 1. The predicted molar refractivity (Wildman–Crippen MR) is 79.1 cm³/mol. The number of halogens is 4. The van der Waals surface area contributed by atoms with E-state index in [0.29, 0.717) is 11.3 Å². The molecular formula is C15H18F4N2O3. The number of carbonyl (C=O) groups excluding carboxylic acids is 1. The maximum atomic E-state index is 13.1. The lowest BCUT2D eigenvalue weighted by Crippen LogP contribution is -2.37. The third kappa shape index (κ3) is 6.53. The Hall–Kier alpha value is -2.16. The average molecular weight is 350 g/mol. The quantitative estimate of drug-likeness (QED) is 0.717. The van der Waals surface area contributed by atoms with Crippen LogP contribution in [-0.4, -0.2) is 36.2 Å². The molecule has 134 valence electrons. The summed E-state index contributed by atoms with van der Waals surface area (Å²) in [7, 11) is 0. The van der Waals surface area contributed by atoms with Gasteiger partial charge in [0.2, 0.25) is 5.91 Å². The van der Waals surface area contributed by atoms with Gasteiger partial charge in [0.1, 0.15) is 5.82 Å². The summed E-state index contributed by atoms with van der Waals surface area (Å²) in [5.41, 5.74) is 1.21. The number of amides is 1. The van der Waals surface area contributed by atoms with Crippen molar-refractivity contribution in [2.45, 2.75) is 25.9 Å². The lowest BCUT2D eigenvalue weighted by Gasteiger charge is -2.21. The van der Waals surface area contributed by atoms with Crippen molar-refractivity contribution in [3.63, 3.8) is 0 Å². The molecule has 1 aromatic rings. The molecule has 0 radical (unpaired) electrons. The molecule has 1 aromatic carbocycles. The maximum Gasteiger partial charge on any atom is 0.490 e. The van der Waals surface area contributed by atoms with Gasteiger partial charge in [0.05, 0.1) is 5.92 Å². The molecule has 0 aromatic heterocycles. The summed E-state index contributed by atoms with van der Waals surface area (Å²) in [5, 5.41) is 13.2. The van der Waals surface area contributed by atoms with Gasteiger partial charge in [-0.25, -0.2) is 9.18 Å². The van der Waals surface area contributed by atoms with Crippen LogP contribution < -0.4 is 10.6 Å². The van der Waals surface area contributed by atoms with Crippen molar-refractivity contribution in [3.05, 3.63) is 29.6 Å². The second-order valence-electron chi connectivity index (χ2n) is 5.30. The van der Waals surface area contributed by atoms with Crippen LogP contribution in [0.25, 0.3) is 0 Å². The molecule has 1 atom stereocenters. The summed E-state index contributed by atoms with van der Waals surface area (Å²) in [5.74, 6) is -2.97. The fourth-order valence-corrected chi connectivity index (χ4v) is 2.04. The number of carbonyl (C=O) groups is 2. The van der Waals surface area contributed by atoms with Gasteiger partial charge in [-0.1, -0.05) is 0 Å². The number of piperidine rings is 1. The van der Waals surface area contributed by atoms with Gasteiger partial charge in [0.15, 0.2) is 0 Å². The lowest BCUT2D eigenvalue weighted by molar-refractivity contribution is -0.192. The van der Waals surface area contributed by atoms with Crippen molar-refractivity contribution >= 4 is 17.6 Å². The summed E-state index contributed by atoms with van der Waals surface area (Å²) in [6.45, 7) is 3.40. The zero-order valence-electron chi connectivity index (χ0n) is 12.9. The summed E-state index contributed by atoms with van der Waals surface area (Å²) < 4.78 is 44.8. The van der Waals surface area contributed by atoms with Gasteiger partial charge >= 0.3 is 12.1 Å². The van der Waals surface area contributed by atoms with Crippen LogP contribution in [0.1, 0.15) is 18.4 Å². The number of aryl methyl sites for hydroxylation is 1. The fourth-order valence-electron chi connectivity index (χ4n) is 2.04. The van der Waals surface area contributed by atoms with Gasteiger partial charge in [-0.15, -0.1) is 0 Å². The van der Waals surface area contributed by atoms with E-state index in [4.69, 9.17) is 9.90 Å². The summed E-state index contributed by atoms with van der Waals surface area (Å²) >= 11 is 0. The third-order valence-electron chi connectivity index (χ3n) is 3.34. The number of benzene rings is 1. The largest absolute Gasteiger partial charge is 0.490 e. The molecule has 5 nitrogen and oxygen atoms in total. The molecule has 0 spiro atoms. The molecule has 24 heavy (non-hydrogen) atoms. The fraction of sp³-hybridized carbons (Fsp3) is 0.467. The number of alkyl halides is 3. The highest BCUT2D eigenvalue weighted by atomic mass is 19.4. The Balaban J connectivity index is 0.000000351. The van der Waals surface area contributed by atoms with Crippen molar-refractivity contribution in [2.24, 2.45) is 5.92 Å². The van der Waals surface area contributed by atoms with Gasteiger partial charge in [-0.2, -0.15) is 13.2 Å². The van der Waals surface area contributed by atoms with Crippen molar-refractivity contribution in [3.8, 4) is 0 Å². The van der Waals surface area contributed by atoms with E-state index >= 15 is 0 Å². The second kappa shape index (κ2) is 8.62. The van der Waals surface area contributed by atoms with Crippen LogP contribution in [0.3, 0.4) is 0 Å². The average Bonchev–Trinajstić information content (AvgIpc) is 2.51. The number of aliphatic carboxylic acids is 1. The van der Waals surface area contributed by atoms with Gasteiger partial charge in [-0.3, -0.25) is 4.79 Å². The molecule has 0 unspecified atom stereocenters. The second-order valence-corrected chi connectivity index (χ2v) is 5.30. The van der Waals surface area contributed by atoms with E-state index in [1.165, 1.54) is 6.07 Å². The van der Waals surface area contributed by atoms with E-state index in [1.54, 1.807) is 19.1 Å². The Kier molecular flexibility index (Phi) is 7.15. The Morgan fingerprint density at radius 2 is 1.96 bits per heavy atom. The predicted octanol–water partition coefficient (Wildman–Crippen LogP) is 2.71. The molecule has 1 heterocycles. The summed E-state index contributed by atoms with van der Waals surface area (Å²) in [6.07, 6.45) is -3.14. The van der Waals surface area contributed by atoms with Crippen molar-refractivity contribution in [1.82, 2.24) is 5.32 Å². The number of carboxylic acid groups (broad SMARTS) is 1. The Bertz CT molecular complexity index is 585. The minimum Gasteiger partial charge on any atom is -0.475 e. The molecule has 3 N–H and O–H groups in total. The van der Waals surface area contributed by atoms with E-state index in [-0.39, 0.29) is 17.6 Å². The molecule has 1 amide bonds. The number of hydrogen-bond donors (Lipinski definition) is 3. The zero-order chi connectivity index (χ0) is 18.3. The monoisotopic (exact) mass is 350 g/mol. The van der Waals surface area contributed by atoms with Crippen molar-refractivity contribution in [1.29, 1.82) is 0 Å². The van der Waals surface area contributed by atoms with Crippen LogP contribution in [0.15, 0.2) is 18.2 Å². The van der Waals surface area contributed by atoms with E-state index in [0.717, 1.165) is 25.9 Å². The Morgan fingerprint density at radius 3 is 2.42 bits per heavy atom. The standard InChI is InChI=1S/C13H17FN2O.C2HF3O2/c1-9-7-11(4-5-12(9)14)16-13(17)10-3-2-6-15-8-10;3-2(4,5)1(6)7/h4-5,7,10,15H,2-3,6,8H2,1H3,(H,16,17);(H,6,7)/t10-;/m0./s1. The number of nitrogens with one attached hydrogen (secondary N) is 2. The van der Waals surface area contributed by atoms with Gasteiger partial charge in [-0.05, 0) is 50.1 Å². The first kappa shape index (κ1) is 19.9. The van der Waals surface area contributed by atoms with E-state index in [2.05, 4.69) is 10.6 Å². The topological polar surface area (TPSA) is 78.4 Å². The van der Waals surface area contributed by atoms with Crippen LogP contribution in [0.2, 0.25) is 0 Å². The third-order valence-corrected chi connectivity index (χ3v) is 3.34. The Labute approximate surface area is 136 Å². The van der Waals surface area contributed by atoms with Gasteiger partial charge < -0.3 is 15.7 Å². The van der Waals surface area contributed by atoms with Crippen molar-refractivity contribution in [2.75, 3.05) is 18.4 Å². The first-order chi connectivity index (χ1) is 11.1. The summed E-state index contributed by atoms with van der Waals surface area (Å²) in [6, 6.07) is 4.63. The van der Waals surface area contributed by atoms with Gasteiger partial charge in [0.25, 0.3) is 0 Å². The molecular weight excluding hydrogens is 332 g/mol. The van der Waals surface area contributed by atoms with Crippen LogP contribution in [-0.2, 0) is 9.59 Å². The lowest BCUT2D eigenvalue weighted by atomic mass is 9.99. The molecule has 1 saturated heterocycles. The molecule has 2 rings (SSSR count). The molecule has 1 aliphatic rings. The highest BCUT2D eigenvalue weighted by Crippen LogP contribution is 2.17. The molecule has 0 saturated carbocycles. The molecule has 1 aliphatic heterocycles. The number of hydrogen-bond acceptors (Lipinski definition) is 3. The molecule has 9 heteroatoms. The first-order valence-electron chi connectivity index (χ1n) is 7.19. The minimum atomic E-state index is -5.08. The van der Waals surface area contributed by atoms with Crippen molar-refractivity contribution < 1.29 is 32.3 Å². The smallest absolute Gasteiger partial charge is 0.475 e. The van der Waals surface area contributed by atoms with Crippen LogP contribution in [0, 0.1) is 18.7 Å². The minimum absolute atomic E-state index is 0.0169. The highest BCUT2D eigenvalue weighted by Gasteiger charge is 2.38. The highest BCUT2D eigenvalue weighted by molar-refractivity contribution is 5.92. The maximum absolute atomic E-state index is 13.1. The summed E-state index contributed by atoms with van der Waals surface area (Å²) in [4.78, 5) is 20.8. The van der Waals surface area contributed by atoms with E-state index < -0.39 is 12.1 Å². The molecule has 0 aliphatic carbocycles. The zero-order valence-corrected chi connectivity index (χ0v) is 12.9. The normalized spacial score (nSPS) is 17.5. The van der Waals surface area contributed by atoms with Crippen LogP contribution in [0.4, 0.5) is 23.2 Å². The van der Waals surface area contributed by atoms with Crippen LogP contribution >= 0.6 is 0 Å². The molecule has 0 bridgehead atoms. The van der Waals surface area contributed by atoms with E-state index in [1.807, 2.05) is 0 Å². The SMILES string of the molecule is Cc1cc(NC(=O)[C@H]2CCCNC2)ccc1F.O=C(O)C(F)(F)F. The number of rotatable bonds is 2. The molecule has 1 fully saturated rings. The number of carboxylic acids is 1. The first-order valence-corrected chi connectivity index (χ1v) is 7.19. The van der Waals surface area contributed by atoms with E-state index in [9.17, 15) is 22.4 Å². The Morgan fingerprint density at radius 1 is 1.33 bits per heavy atom. The van der Waals surface area contributed by atoms with Gasteiger partial charge in [0, 0.05) is 12.2 Å².